The molecule has 12 heteroatoms. The van der Waals surface area contributed by atoms with Gasteiger partial charge in [0.15, 0.2) is 0 Å². The second-order valence-electron chi connectivity index (χ2n) is 15.1. The van der Waals surface area contributed by atoms with Gasteiger partial charge in [0.25, 0.3) is 0 Å². The van der Waals surface area contributed by atoms with Gasteiger partial charge in [-0.25, -0.2) is 16.8 Å². The quantitative estimate of drug-likeness (QED) is 0.101. The summed E-state index contributed by atoms with van der Waals surface area (Å²) in [6, 6.07) is 54.5. The lowest BCUT2D eigenvalue weighted by Crippen LogP contribution is -2.18. The fourth-order valence-electron chi connectivity index (χ4n) is 6.68. The Morgan fingerprint density at radius 3 is 0.683 bits per heavy atom. The van der Waals surface area contributed by atoms with Gasteiger partial charge in [-0.2, -0.15) is 0 Å². The third-order valence-electron chi connectivity index (χ3n) is 10.4. The highest BCUT2D eigenvalue weighted by Gasteiger charge is 2.24. The molecule has 0 aromatic heterocycles. The van der Waals surface area contributed by atoms with E-state index in [1.165, 1.54) is 48.5 Å². The molecule has 0 unspecified atom stereocenters. The topological polar surface area (TPSA) is 157 Å². The molecule has 0 aliphatic carbocycles. The Hall–Kier alpha value is -7.54. The molecule has 0 saturated carbocycles. The molecule has 8 aromatic rings. The van der Waals surface area contributed by atoms with Crippen LogP contribution in [0.15, 0.2) is 214 Å². The molecule has 0 bridgehead atoms. The Morgan fingerprint density at radius 2 is 0.476 bits per heavy atom. The number of nitrogen functional groups attached to an aromatic ring is 2. The van der Waals surface area contributed by atoms with Gasteiger partial charge in [-0.1, -0.05) is 38.1 Å². The van der Waals surface area contributed by atoms with E-state index in [9.17, 15) is 16.8 Å². The normalized spacial score (nSPS) is 11.7. The summed E-state index contributed by atoms with van der Waals surface area (Å²) in [5, 5.41) is 0. The van der Waals surface area contributed by atoms with Crippen molar-refractivity contribution in [3.05, 3.63) is 205 Å². The summed E-state index contributed by atoms with van der Waals surface area (Å²) in [4.78, 5) is 0.564. The van der Waals surface area contributed by atoms with Crippen LogP contribution in [-0.4, -0.2) is 16.8 Å². The lowest BCUT2D eigenvalue weighted by molar-refractivity contribution is 0.480. The molecule has 0 spiro atoms. The number of hydrogen-bond acceptors (Lipinski definition) is 10. The maximum atomic E-state index is 13.4. The molecule has 8 aromatic carbocycles. The summed E-state index contributed by atoms with van der Waals surface area (Å²) >= 11 is 0. The van der Waals surface area contributed by atoms with Crippen molar-refractivity contribution in [2.45, 2.75) is 38.8 Å². The third-order valence-corrected chi connectivity index (χ3v) is 14.0. The van der Waals surface area contributed by atoms with Crippen LogP contribution in [0.1, 0.15) is 25.0 Å². The summed E-state index contributed by atoms with van der Waals surface area (Å²) in [6.45, 7) is 4.25. The minimum atomic E-state index is -3.78. The predicted molar refractivity (Wildman–Crippen MR) is 244 cm³/mol. The molecule has 10 nitrogen and oxygen atoms in total. The van der Waals surface area contributed by atoms with Gasteiger partial charge in [-0.15, -0.1) is 0 Å². The van der Waals surface area contributed by atoms with Crippen molar-refractivity contribution in [3.63, 3.8) is 0 Å². The molecule has 0 aliphatic heterocycles. The molecule has 4 N–H and O–H groups in total. The molecule has 316 valence electrons. The van der Waals surface area contributed by atoms with E-state index in [1.807, 2.05) is 48.5 Å². The number of hydrogen-bond donors (Lipinski definition) is 2. The SMILES string of the molecule is CC(C)(c1ccc(Oc2ccc(S(=O)(=O)c3ccc(Oc4ccc(N)cc4)cc3)cc2)cc1)c1ccc(Oc2ccc(S(=O)(=O)c3ccc(Oc4ccc(N)cc4)cc3)cc2)cc1. The fourth-order valence-corrected chi connectivity index (χ4v) is 9.20. The van der Waals surface area contributed by atoms with Crippen LogP contribution in [0.25, 0.3) is 0 Å². The Kier molecular flexibility index (Phi) is 11.7. The maximum Gasteiger partial charge on any atom is 0.206 e. The fraction of sp³-hybridized carbons (Fsp3) is 0.0588. The summed E-state index contributed by atoms with van der Waals surface area (Å²) < 4.78 is 77.2. The van der Waals surface area contributed by atoms with Gasteiger partial charge in [0, 0.05) is 16.8 Å². The largest absolute Gasteiger partial charge is 0.457 e. The molecule has 0 atom stereocenters. The zero-order chi connectivity index (χ0) is 44.2. The highest BCUT2D eigenvalue weighted by atomic mass is 32.2. The first kappa shape index (κ1) is 42.2. The van der Waals surface area contributed by atoms with Gasteiger partial charge in [-0.3, -0.25) is 0 Å². The first-order chi connectivity index (χ1) is 30.2. The lowest BCUT2D eigenvalue weighted by atomic mass is 9.78. The van der Waals surface area contributed by atoms with Gasteiger partial charge in [0.1, 0.15) is 46.0 Å². The van der Waals surface area contributed by atoms with Crippen LogP contribution in [0.4, 0.5) is 11.4 Å². The number of benzene rings is 8. The van der Waals surface area contributed by atoms with Gasteiger partial charge in [-0.05, 0) is 181 Å². The Balaban J connectivity index is 0.853. The van der Waals surface area contributed by atoms with Gasteiger partial charge in [0.05, 0.1) is 19.6 Å². The monoisotopic (exact) mass is 874 g/mol. The number of rotatable bonds is 14. The number of ether oxygens (including phenoxy) is 4. The van der Waals surface area contributed by atoms with Crippen molar-refractivity contribution < 1.29 is 35.8 Å². The summed E-state index contributed by atoms with van der Waals surface area (Å²) in [5.41, 5.74) is 14.4. The summed E-state index contributed by atoms with van der Waals surface area (Å²) in [6.07, 6.45) is 0. The minimum Gasteiger partial charge on any atom is -0.457 e. The molecular weight excluding hydrogens is 833 g/mol. The van der Waals surface area contributed by atoms with Crippen molar-refractivity contribution in [2.75, 3.05) is 11.5 Å². The van der Waals surface area contributed by atoms with Crippen molar-refractivity contribution in [1.82, 2.24) is 0 Å². The highest BCUT2D eigenvalue weighted by molar-refractivity contribution is 7.91. The molecule has 63 heavy (non-hydrogen) atoms. The molecule has 0 radical (unpaired) electrons. The molecule has 0 amide bonds. The zero-order valence-electron chi connectivity index (χ0n) is 34.2. The number of nitrogens with two attached hydrogens (primary N) is 2. The standard InChI is InChI=1S/C51H42N2O8S2/c1-51(2,35-3-11-39(12-4-35)58-43-19-27-47(28-20-43)62(54,55)49-31-23-45(24-32-49)60-41-15-7-37(52)8-16-41)36-5-13-40(14-6-36)59-44-21-29-48(30-22-44)63(56,57)50-33-25-46(26-34-50)61-42-17-9-38(53)10-18-42/h3-34H,52-53H2,1-2H3. The third kappa shape index (κ3) is 9.68. The van der Waals surface area contributed by atoms with E-state index in [0.29, 0.717) is 57.4 Å². The van der Waals surface area contributed by atoms with Crippen molar-refractivity contribution in [3.8, 4) is 46.0 Å². The van der Waals surface area contributed by atoms with Gasteiger partial charge < -0.3 is 30.4 Å². The van der Waals surface area contributed by atoms with Crippen LogP contribution in [0.5, 0.6) is 46.0 Å². The van der Waals surface area contributed by atoms with E-state index < -0.39 is 19.7 Å². The van der Waals surface area contributed by atoms with Crippen LogP contribution < -0.4 is 30.4 Å². The maximum absolute atomic E-state index is 13.4. The summed E-state index contributed by atoms with van der Waals surface area (Å²) in [5.74, 6) is 4.37. The molecule has 0 aliphatic rings. The molecular formula is C51H42N2O8S2. The van der Waals surface area contributed by atoms with Crippen molar-refractivity contribution in [2.24, 2.45) is 0 Å². The Bertz CT molecular complexity index is 2840. The van der Waals surface area contributed by atoms with E-state index in [-0.39, 0.29) is 25.0 Å². The highest BCUT2D eigenvalue weighted by Crippen LogP contribution is 2.36. The number of sulfone groups is 2. The van der Waals surface area contributed by atoms with E-state index >= 15 is 0 Å². The van der Waals surface area contributed by atoms with Gasteiger partial charge in [0.2, 0.25) is 19.7 Å². The van der Waals surface area contributed by atoms with Crippen LogP contribution in [-0.2, 0) is 25.1 Å². The van der Waals surface area contributed by atoms with E-state index in [0.717, 1.165) is 11.1 Å². The first-order valence-corrected chi connectivity index (χ1v) is 22.7. The smallest absolute Gasteiger partial charge is 0.206 e. The number of anilines is 2. The lowest BCUT2D eigenvalue weighted by Gasteiger charge is -2.26. The predicted octanol–water partition coefficient (Wildman–Crippen LogP) is 12.0. The Morgan fingerprint density at radius 1 is 0.302 bits per heavy atom. The Labute approximate surface area is 366 Å². The van der Waals surface area contributed by atoms with Crippen molar-refractivity contribution in [1.29, 1.82) is 0 Å². The first-order valence-electron chi connectivity index (χ1n) is 19.8. The average molecular weight is 875 g/mol. The summed E-state index contributed by atoms with van der Waals surface area (Å²) in [7, 11) is -7.55. The van der Waals surface area contributed by atoms with Crippen molar-refractivity contribution >= 4 is 31.0 Å². The zero-order valence-corrected chi connectivity index (χ0v) is 35.8. The molecule has 0 fully saturated rings. The van der Waals surface area contributed by atoms with E-state index in [2.05, 4.69) is 13.8 Å². The van der Waals surface area contributed by atoms with Crippen LogP contribution >= 0.6 is 0 Å². The van der Waals surface area contributed by atoms with Gasteiger partial charge >= 0.3 is 0 Å². The van der Waals surface area contributed by atoms with E-state index in [4.69, 9.17) is 30.4 Å². The average Bonchev–Trinajstić information content (AvgIpc) is 3.29. The van der Waals surface area contributed by atoms with Crippen LogP contribution in [0.2, 0.25) is 0 Å². The van der Waals surface area contributed by atoms with Crippen LogP contribution in [0.3, 0.4) is 0 Å². The molecule has 0 saturated heterocycles. The molecule has 0 heterocycles. The minimum absolute atomic E-state index is 0.139. The van der Waals surface area contributed by atoms with E-state index in [1.54, 1.807) is 97.1 Å². The molecule has 8 rings (SSSR count). The van der Waals surface area contributed by atoms with Crippen LogP contribution in [0, 0.1) is 0 Å². The second kappa shape index (κ2) is 17.4. The second-order valence-corrected chi connectivity index (χ2v) is 19.0.